The van der Waals surface area contributed by atoms with Crippen LogP contribution < -0.4 is 5.73 Å². The van der Waals surface area contributed by atoms with Crippen molar-refractivity contribution in [3.63, 3.8) is 0 Å². The summed E-state index contributed by atoms with van der Waals surface area (Å²) >= 11 is 5.74. The summed E-state index contributed by atoms with van der Waals surface area (Å²) in [5.74, 6) is -1.15. The number of nitrogens with two attached hydrogens (primary N) is 1. The monoisotopic (exact) mass is 414 g/mol. The molecule has 11 heteroatoms. The van der Waals surface area contributed by atoms with Gasteiger partial charge in [0.25, 0.3) is 0 Å². The Morgan fingerprint density at radius 3 is 2.35 bits per heavy atom. The first-order chi connectivity index (χ1) is 12.0. The van der Waals surface area contributed by atoms with E-state index in [4.69, 9.17) is 22.1 Å². The fourth-order valence-corrected chi connectivity index (χ4v) is 4.28. The number of carbonyl (C=O) groups is 1. The zero-order chi connectivity index (χ0) is 19.5. The van der Waals surface area contributed by atoms with Crippen molar-refractivity contribution in [2.75, 3.05) is 13.2 Å². The number of halogens is 4. The van der Waals surface area contributed by atoms with Crippen LogP contribution in [0.25, 0.3) is 0 Å². The Hall–Kier alpha value is -1.36. The van der Waals surface area contributed by atoms with Crippen LogP contribution in [0.1, 0.15) is 19.3 Å². The van der Waals surface area contributed by atoms with Crippen LogP contribution in [0.2, 0.25) is 5.02 Å². The number of benzene rings is 1. The molecule has 0 saturated carbocycles. The third-order valence-electron chi connectivity index (χ3n) is 3.97. The third-order valence-corrected chi connectivity index (χ3v) is 6.12. The van der Waals surface area contributed by atoms with Crippen molar-refractivity contribution in [2.24, 2.45) is 5.73 Å². The van der Waals surface area contributed by atoms with E-state index in [1.54, 1.807) is 0 Å². The minimum Gasteiger partial charge on any atom is -0.377 e. The quantitative estimate of drug-likeness (QED) is 0.706. The zero-order valence-electron chi connectivity index (χ0n) is 13.6. The van der Waals surface area contributed by atoms with E-state index >= 15 is 0 Å². The van der Waals surface area contributed by atoms with Gasteiger partial charge in [0, 0.05) is 24.6 Å². The minimum atomic E-state index is -4.55. The minimum absolute atomic E-state index is 0.195. The molecule has 26 heavy (non-hydrogen) atoms. The second-order valence-electron chi connectivity index (χ2n) is 5.88. The molecule has 0 aliphatic carbocycles. The molecular weight excluding hydrogens is 397 g/mol. The predicted molar refractivity (Wildman–Crippen MR) is 88.0 cm³/mol. The maximum atomic E-state index is 12.9. The number of hydrogen-bond donors (Lipinski definition) is 1. The Morgan fingerprint density at radius 1 is 1.35 bits per heavy atom. The highest BCUT2D eigenvalue weighted by Crippen LogP contribution is 2.28. The van der Waals surface area contributed by atoms with E-state index in [9.17, 15) is 26.4 Å². The lowest BCUT2D eigenvalue weighted by Gasteiger charge is -2.35. The SMILES string of the molecule is NC(=O)[C@H](CCC(F)(F)F)N(C[C@H]1CCO1)S(=O)(=O)c1ccc(Cl)cc1. The largest absolute Gasteiger partial charge is 0.389 e. The van der Waals surface area contributed by atoms with Crippen molar-refractivity contribution in [3.05, 3.63) is 29.3 Å². The Bertz CT molecular complexity index is 736. The summed E-state index contributed by atoms with van der Waals surface area (Å²) in [5.41, 5.74) is 5.23. The van der Waals surface area contributed by atoms with Crippen molar-refractivity contribution in [3.8, 4) is 0 Å². The summed E-state index contributed by atoms with van der Waals surface area (Å²) < 4.78 is 69.5. The predicted octanol–water partition coefficient (Wildman–Crippen LogP) is 2.32. The number of primary amides is 1. The van der Waals surface area contributed by atoms with E-state index < -0.39 is 47.1 Å². The van der Waals surface area contributed by atoms with E-state index in [-0.39, 0.29) is 11.4 Å². The molecule has 0 bridgehead atoms. The molecule has 0 radical (unpaired) electrons. The molecule has 2 atom stereocenters. The van der Waals surface area contributed by atoms with Gasteiger partial charge in [-0.2, -0.15) is 17.5 Å². The lowest BCUT2D eigenvalue weighted by Crippen LogP contribution is -2.52. The van der Waals surface area contributed by atoms with Crippen LogP contribution in [-0.2, 0) is 19.6 Å². The van der Waals surface area contributed by atoms with Gasteiger partial charge in [0.2, 0.25) is 15.9 Å². The topological polar surface area (TPSA) is 89.7 Å². The number of hydrogen-bond acceptors (Lipinski definition) is 4. The molecule has 0 unspecified atom stereocenters. The van der Waals surface area contributed by atoms with E-state index in [2.05, 4.69) is 0 Å². The number of sulfonamides is 1. The van der Waals surface area contributed by atoms with Crippen molar-refractivity contribution in [1.82, 2.24) is 4.31 Å². The first kappa shape index (κ1) is 20.9. The standard InChI is InChI=1S/C15H18ClF3N2O4S/c16-10-1-3-12(4-2-10)26(23,24)21(9-11-6-8-25-11)13(14(20)22)5-7-15(17,18)19/h1-4,11,13H,5-9H2,(H2,20,22)/t11-,13+/m1/s1. The smallest absolute Gasteiger partial charge is 0.377 e. The van der Waals surface area contributed by atoms with Crippen LogP contribution in [0.4, 0.5) is 13.2 Å². The van der Waals surface area contributed by atoms with E-state index in [1.807, 2.05) is 0 Å². The molecule has 1 fully saturated rings. The number of amides is 1. The number of rotatable bonds is 8. The molecule has 1 heterocycles. The van der Waals surface area contributed by atoms with Gasteiger partial charge in [-0.3, -0.25) is 4.79 Å². The maximum absolute atomic E-state index is 12.9. The molecule has 6 nitrogen and oxygen atoms in total. The Kier molecular flexibility index (Phi) is 6.54. The van der Waals surface area contributed by atoms with Gasteiger partial charge in [-0.05, 0) is 37.1 Å². The average Bonchev–Trinajstić information content (AvgIpc) is 2.47. The molecule has 1 aliphatic rings. The Labute approximate surface area is 154 Å². The highest BCUT2D eigenvalue weighted by atomic mass is 35.5. The lowest BCUT2D eigenvalue weighted by atomic mass is 10.1. The van der Waals surface area contributed by atoms with Gasteiger partial charge in [0.1, 0.15) is 6.04 Å². The van der Waals surface area contributed by atoms with Crippen LogP contribution in [0.3, 0.4) is 0 Å². The van der Waals surface area contributed by atoms with Gasteiger partial charge in [-0.1, -0.05) is 11.6 Å². The second-order valence-corrected chi connectivity index (χ2v) is 8.21. The van der Waals surface area contributed by atoms with Crippen LogP contribution >= 0.6 is 11.6 Å². The van der Waals surface area contributed by atoms with Gasteiger partial charge in [-0.25, -0.2) is 8.42 Å². The lowest BCUT2D eigenvalue weighted by molar-refractivity contribution is -0.141. The van der Waals surface area contributed by atoms with Crippen molar-refractivity contribution >= 4 is 27.5 Å². The highest BCUT2D eigenvalue weighted by Gasteiger charge is 2.40. The summed E-state index contributed by atoms with van der Waals surface area (Å²) in [7, 11) is -4.27. The highest BCUT2D eigenvalue weighted by molar-refractivity contribution is 7.89. The molecule has 2 N–H and O–H groups in total. The van der Waals surface area contributed by atoms with Gasteiger partial charge >= 0.3 is 6.18 Å². The fraction of sp³-hybridized carbons (Fsp3) is 0.533. The van der Waals surface area contributed by atoms with E-state index in [0.29, 0.717) is 22.4 Å². The fourth-order valence-electron chi connectivity index (χ4n) is 2.49. The van der Waals surface area contributed by atoms with Crippen LogP contribution in [0, 0.1) is 0 Å². The molecule has 146 valence electrons. The first-order valence-electron chi connectivity index (χ1n) is 7.76. The van der Waals surface area contributed by atoms with Gasteiger partial charge in [0.15, 0.2) is 0 Å². The van der Waals surface area contributed by atoms with Gasteiger partial charge < -0.3 is 10.5 Å². The average molecular weight is 415 g/mol. The Morgan fingerprint density at radius 2 is 1.92 bits per heavy atom. The number of nitrogens with zero attached hydrogens (tertiary/aromatic N) is 1. The van der Waals surface area contributed by atoms with Crippen LogP contribution in [-0.4, -0.2) is 50.1 Å². The molecule has 1 aromatic carbocycles. The number of ether oxygens (including phenoxy) is 1. The molecule has 1 aromatic rings. The maximum Gasteiger partial charge on any atom is 0.389 e. The van der Waals surface area contributed by atoms with Crippen LogP contribution in [0.5, 0.6) is 0 Å². The molecule has 0 spiro atoms. The molecule has 2 rings (SSSR count). The Balaban J connectivity index is 2.35. The second kappa shape index (κ2) is 8.12. The normalized spacial score (nSPS) is 19.2. The van der Waals surface area contributed by atoms with Crippen LogP contribution in [0.15, 0.2) is 29.2 Å². The van der Waals surface area contributed by atoms with Gasteiger partial charge in [-0.15, -0.1) is 0 Å². The summed E-state index contributed by atoms with van der Waals surface area (Å²) in [6.07, 6.45) is -6.60. The molecular formula is C15H18ClF3N2O4S. The number of alkyl halides is 3. The van der Waals surface area contributed by atoms with Gasteiger partial charge in [0.05, 0.1) is 11.0 Å². The van der Waals surface area contributed by atoms with E-state index in [0.717, 1.165) is 0 Å². The van der Waals surface area contributed by atoms with Crippen molar-refractivity contribution in [2.45, 2.75) is 42.5 Å². The molecule has 1 aliphatic heterocycles. The summed E-state index contributed by atoms with van der Waals surface area (Å²) in [6, 6.07) is 3.46. The summed E-state index contributed by atoms with van der Waals surface area (Å²) in [5, 5.41) is 0.293. The van der Waals surface area contributed by atoms with Crippen molar-refractivity contribution in [1.29, 1.82) is 0 Å². The van der Waals surface area contributed by atoms with E-state index in [1.165, 1.54) is 24.3 Å². The van der Waals surface area contributed by atoms with Crippen molar-refractivity contribution < 1.29 is 31.1 Å². The summed E-state index contributed by atoms with van der Waals surface area (Å²) in [6.45, 7) is 0.166. The molecule has 1 amide bonds. The first-order valence-corrected chi connectivity index (χ1v) is 9.57. The zero-order valence-corrected chi connectivity index (χ0v) is 15.1. The molecule has 1 saturated heterocycles. The summed E-state index contributed by atoms with van der Waals surface area (Å²) in [4.78, 5) is 11.6. The molecule has 0 aromatic heterocycles. The number of carbonyl (C=O) groups excluding carboxylic acids is 1. The third kappa shape index (κ3) is 5.32.